The van der Waals surface area contributed by atoms with Crippen molar-refractivity contribution in [2.45, 2.75) is 85.0 Å². The molecular weight excluding hydrogens is 219 g/mol. The maximum atomic E-state index is 2.69. The van der Waals surface area contributed by atoms with Gasteiger partial charge in [0.1, 0.15) is 0 Å². The average Bonchev–Trinajstić information content (AvgIpc) is 2.76. The second-order valence-corrected chi connectivity index (χ2v) is 7.19. The highest BCUT2D eigenvalue weighted by atomic mass is 15.4. The Bertz CT molecular complexity index is 226. The zero-order valence-corrected chi connectivity index (χ0v) is 13.7. The summed E-state index contributed by atoms with van der Waals surface area (Å²) in [4.78, 5) is 5.39. The van der Waals surface area contributed by atoms with Gasteiger partial charge < -0.3 is 0 Å². The molecule has 0 aromatic carbocycles. The fourth-order valence-electron chi connectivity index (χ4n) is 3.31. The molecule has 0 N–H and O–H groups in total. The standard InChI is InChI=1S/C13H26N2.C2H6.B/c1-12(2,3)14-8-11-7-10(14)9-15(11)13(4,5)6;1-2;/h10-11H,7-9H2,1-6H3;1-2H3;. The lowest BCUT2D eigenvalue weighted by atomic mass is 10.0. The van der Waals surface area contributed by atoms with Crippen molar-refractivity contribution in [1.82, 2.24) is 9.80 Å². The molecule has 2 heterocycles. The Morgan fingerprint density at radius 2 is 1.00 bits per heavy atom. The molecule has 3 radical (unpaired) electrons. The highest BCUT2D eigenvalue weighted by Crippen LogP contribution is 2.38. The van der Waals surface area contributed by atoms with Gasteiger partial charge >= 0.3 is 0 Å². The van der Waals surface area contributed by atoms with Crippen LogP contribution in [0.3, 0.4) is 0 Å². The number of nitrogens with zero attached hydrogens (tertiary/aromatic N) is 2. The first-order valence-corrected chi connectivity index (χ1v) is 7.23. The maximum absolute atomic E-state index is 2.69. The van der Waals surface area contributed by atoms with Crippen LogP contribution in [0.4, 0.5) is 0 Å². The Hall–Kier alpha value is -0.0151. The predicted molar refractivity (Wildman–Crippen MR) is 82.2 cm³/mol. The van der Waals surface area contributed by atoms with E-state index < -0.39 is 0 Å². The van der Waals surface area contributed by atoms with Crippen LogP contribution in [0.15, 0.2) is 0 Å². The van der Waals surface area contributed by atoms with Gasteiger partial charge in [0, 0.05) is 44.7 Å². The van der Waals surface area contributed by atoms with Crippen LogP contribution in [-0.2, 0) is 0 Å². The summed E-state index contributed by atoms with van der Waals surface area (Å²) in [7, 11) is 0. The Labute approximate surface area is 117 Å². The molecule has 2 unspecified atom stereocenters. The normalized spacial score (nSPS) is 28.7. The number of likely N-dealkylation sites (tertiary alicyclic amines) is 2. The van der Waals surface area contributed by atoms with E-state index in [9.17, 15) is 0 Å². The Balaban J connectivity index is 0.000000917. The van der Waals surface area contributed by atoms with Crippen molar-refractivity contribution >= 4 is 8.41 Å². The van der Waals surface area contributed by atoms with E-state index in [0.717, 1.165) is 12.1 Å². The molecule has 2 nitrogen and oxygen atoms in total. The molecule has 2 rings (SSSR count). The van der Waals surface area contributed by atoms with E-state index in [-0.39, 0.29) is 8.41 Å². The highest BCUT2D eigenvalue weighted by molar-refractivity contribution is 5.75. The minimum Gasteiger partial charge on any atom is -0.293 e. The van der Waals surface area contributed by atoms with Gasteiger partial charge in [0.15, 0.2) is 0 Å². The van der Waals surface area contributed by atoms with Crippen LogP contribution in [-0.4, -0.2) is 54.5 Å². The topological polar surface area (TPSA) is 6.48 Å². The lowest BCUT2D eigenvalue weighted by molar-refractivity contribution is 0.0179. The molecule has 2 aliphatic rings. The lowest BCUT2D eigenvalue weighted by Crippen LogP contribution is -2.57. The van der Waals surface area contributed by atoms with Gasteiger partial charge in [-0.2, -0.15) is 0 Å². The highest BCUT2D eigenvalue weighted by Gasteiger charge is 2.49. The predicted octanol–water partition coefficient (Wildman–Crippen LogP) is 2.99. The molecule has 0 aromatic heterocycles. The smallest absolute Gasteiger partial charge is 0.0244 e. The number of hydrogen-bond acceptors (Lipinski definition) is 2. The third-order valence-electron chi connectivity index (χ3n) is 3.96. The van der Waals surface area contributed by atoms with E-state index in [4.69, 9.17) is 0 Å². The maximum Gasteiger partial charge on any atom is 0.0244 e. The summed E-state index contributed by atoms with van der Waals surface area (Å²) in [6, 6.07) is 1.60. The van der Waals surface area contributed by atoms with Crippen LogP contribution in [0.2, 0.25) is 0 Å². The fourth-order valence-corrected chi connectivity index (χ4v) is 3.31. The van der Waals surface area contributed by atoms with Gasteiger partial charge in [-0.25, -0.2) is 0 Å². The van der Waals surface area contributed by atoms with Gasteiger partial charge in [-0.15, -0.1) is 0 Å². The van der Waals surface area contributed by atoms with Gasteiger partial charge in [-0.3, -0.25) is 9.80 Å². The quantitative estimate of drug-likeness (QED) is 0.611. The second kappa shape index (κ2) is 5.96. The van der Waals surface area contributed by atoms with Gasteiger partial charge in [0.2, 0.25) is 0 Å². The van der Waals surface area contributed by atoms with Crippen LogP contribution in [0, 0.1) is 0 Å². The monoisotopic (exact) mass is 251 g/mol. The summed E-state index contributed by atoms with van der Waals surface area (Å²) in [5.74, 6) is 0. The van der Waals surface area contributed by atoms with Gasteiger partial charge in [0.05, 0.1) is 0 Å². The van der Waals surface area contributed by atoms with Crippen molar-refractivity contribution in [3.05, 3.63) is 0 Å². The molecule has 0 saturated carbocycles. The Morgan fingerprint density at radius 1 is 0.722 bits per heavy atom. The number of rotatable bonds is 0. The SMILES string of the molecule is CC.CC(C)(C)N1CC2CC1CN2C(C)(C)C.[B]. The lowest BCUT2D eigenvalue weighted by Gasteiger charge is -2.46. The summed E-state index contributed by atoms with van der Waals surface area (Å²) >= 11 is 0. The van der Waals surface area contributed by atoms with Crippen molar-refractivity contribution in [2.24, 2.45) is 0 Å². The second-order valence-electron chi connectivity index (χ2n) is 7.19. The van der Waals surface area contributed by atoms with Crippen molar-refractivity contribution in [3.8, 4) is 0 Å². The third kappa shape index (κ3) is 3.51. The zero-order chi connectivity index (χ0) is 13.4. The fraction of sp³-hybridized carbons (Fsp3) is 1.00. The first-order chi connectivity index (χ1) is 7.69. The largest absolute Gasteiger partial charge is 0.293 e. The average molecular weight is 251 g/mol. The Kier molecular flexibility index (Phi) is 5.95. The number of piperazine rings is 1. The third-order valence-corrected chi connectivity index (χ3v) is 3.96. The molecule has 0 amide bonds. The molecule has 2 saturated heterocycles. The van der Waals surface area contributed by atoms with E-state index in [1.54, 1.807) is 0 Å². The molecule has 2 aliphatic heterocycles. The minimum atomic E-state index is 0. The molecule has 0 spiro atoms. The van der Waals surface area contributed by atoms with Gasteiger partial charge in [-0.1, -0.05) is 13.8 Å². The van der Waals surface area contributed by atoms with Crippen molar-refractivity contribution < 1.29 is 0 Å². The van der Waals surface area contributed by atoms with Crippen LogP contribution in [0.25, 0.3) is 0 Å². The van der Waals surface area contributed by atoms with Crippen LogP contribution in [0.5, 0.6) is 0 Å². The summed E-state index contributed by atoms with van der Waals surface area (Å²) in [6.45, 7) is 20.6. The number of hydrogen-bond donors (Lipinski definition) is 0. The Morgan fingerprint density at radius 3 is 1.17 bits per heavy atom. The summed E-state index contributed by atoms with van der Waals surface area (Å²) in [5.41, 5.74) is 0.701. The number of fused-ring (bicyclic) bond motifs is 2. The van der Waals surface area contributed by atoms with Crippen LogP contribution >= 0.6 is 0 Å². The first kappa shape index (κ1) is 18.0. The van der Waals surface area contributed by atoms with E-state index in [1.165, 1.54) is 19.5 Å². The first-order valence-electron chi connectivity index (χ1n) is 7.23. The van der Waals surface area contributed by atoms with Gasteiger partial charge in [0.25, 0.3) is 0 Å². The van der Waals surface area contributed by atoms with E-state index in [0.29, 0.717) is 11.1 Å². The molecule has 18 heavy (non-hydrogen) atoms. The van der Waals surface area contributed by atoms with E-state index in [2.05, 4.69) is 51.3 Å². The molecule has 105 valence electrons. The van der Waals surface area contributed by atoms with Crippen LogP contribution in [0.1, 0.15) is 61.8 Å². The summed E-state index contributed by atoms with van der Waals surface area (Å²) in [6.07, 6.45) is 1.38. The molecule has 0 aromatic rings. The summed E-state index contributed by atoms with van der Waals surface area (Å²) < 4.78 is 0. The van der Waals surface area contributed by atoms with Gasteiger partial charge in [-0.05, 0) is 48.0 Å². The molecule has 3 heteroatoms. The molecule has 2 fully saturated rings. The van der Waals surface area contributed by atoms with Crippen molar-refractivity contribution in [2.75, 3.05) is 13.1 Å². The zero-order valence-electron chi connectivity index (χ0n) is 13.7. The van der Waals surface area contributed by atoms with Crippen LogP contribution < -0.4 is 0 Å². The molecule has 2 bridgehead atoms. The molecule has 0 aliphatic carbocycles. The summed E-state index contributed by atoms with van der Waals surface area (Å²) in [5, 5.41) is 0. The molecular formula is C15H32BN2. The molecule has 2 atom stereocenters. The van der Waals surface area contributed by atoms with Crippen molar-refractivity contribution in [3.63, 3.8) is 0 Å². The van der Waals surface area contributed by atoms with E-state index in [1.807, 2.05) is 13.8 Å². The van der Waals surface area contributed by atoms with Crippen molar-refractivity contribution in [1.29, 1.82) is 0 Å². The van der Waals surface area contributed by atoms with E-state index >= 15 is 0 Å². The minimum absolute atomic E-state index is 0.